The Kier molecular flexibility index (Phi) is 4.98. The number of rotatable bonds is 4. The summed E-state index contributed by atoms with van der Waals surface area (Å²) in [7, 11) is 0. The number of aliphatic imine (C=N–C) groups is 1. The first-order chi connectivity index (χ1) is 7.63. The zero-order chi connectivity index (χ0) is 12.0. The Morgan fingerprint density at radius 2 is 2.38 bits per heavy atom. The molecular weight excluding hydrogens is 273 g/mol. The maximum absolute atomic E-state index is 13.2. The van der Waals surface area contributed by atoms with Crippen LogP contribution < -0.4 is 11.1 Å². The highest BCUT2D eigenvalue weighted by Gasteiger charge is 1.99. The molecule has 5 heteroatoms. The summed E-state index contributed by atoms with van der Waals surface area (Å²) in [6.07, 6.45) is 1.68. The average molecular weight is 286 g/mol. The second-order valence-electron chi connectivity index (χ2n) is 3.12. The molecule has 0 spiro atoms. The van der Waals surface area contributed by atoms with Crippen LogP contribution in [0.3, 0.4) is 0 Å². The molecule has 0 atom stereocenters. The standard InChI is InChI=1S/C11H13BrFN3/c1-2-5-15-11(14)16-7-8-3-4-9(12)10(13)6-8/h2-4,6H,1,5,7H2,(H3,14,15,16). The predicted molar refractivity (Wildman–Crippen MR) is 67.6 cm³/mol. The summed E-state index contributed by atoms with van der Waals surface area (Å²) in [5.74, 6) is 0.0218. The molecule has 1 aromatic carbocycles. The van der Waals surface area contributed by atoms with Crippen LogP contribution in [0, 0.1) is 5.82 Å². The summed E-state index contributed by atoms with van der Waals surface area (Å²) in [5, 5.41) is 2.84. The van der Waals surface area contributed by atoms with Crippen molar-refractivity contribution >= 4 is 21.9 Å². The first-order valence-corrected chi connectivity index (χ1v) is 5.51. The maximum atomic E-state index is 13.2. The van der Waals surface area contributed by atoms with Gasteiger partial charge in [-0.05, 0) is 33.6 Å². The molecule has 0 radical (unpaired) electrons. The highest BCUT2D eigenvalue weighted by atomic mass is 79.9. The summed E-state index contributed by atoms with van der Waals surface area (Å²) < 4.78 is 13.6. The van der Waals surface area contributed by atoms with Gasteiger partial charge < -0.3 is 11.1 Å². The van der Waals surface area contributed by atoms with Crippen molar-refractivity contribution < 1.29 is 4.39 Å². The van der Waals surface area contributed by atoms with E-state index in [0.29, 0.717) is 23.5 Å². The molecule has 0 unspecified atom stereocenters. The van der Waals surface area contributed by atoms with E-state index in [1.807, 2.05) is 0 Å². The van der Waals surface area contributed by atoms with Gasteiger partial charge in [-0.2, -0.15) is 0 Å². The summed E-state index contributed by atoms with van der Waals surface area (Å²) in [6.45, 7) is 4.45. The number of halogens is 2. The normalized spacial score (nSPS) is 11.2. The Hall–Kier alpha value is -1.36. The molecule has 3 nitrogen and oxygen atoms in total. The van der Waals surface area contributed by atoms with Crippen molar-refractivity contribution in [3.05, 3.63) is 46.7 Å². The first kappa shape index (κ1) is 12.7. The van der Waals surface area contributed by atoms with Crippen molar-refractivity contribution in [3.8, 4) is 0 Å². The summed E-state index contributed by atoms with van der Waals surface area (Å²) in [6, 6.07) is 4.86. The van der Waals surface area contributed by atoms with Crippen molar-refractivity contribution in [3.63, 3.8) is 0 Å². The third-order valence-corrected chi connectivity index (χ3v) is 2.49. The van der Waals surface area contributed by atoms with E-state index in [0.717, 1.165) is 5.56 Å². The van der Waals surface area contributed by atoms with E-state index >= 15 is 0 Å². The molecule has 0 heterocycles. The van der Waals surface area contributed by atoms with Crippen molar-refractivity contribution in [2.24, 2.45) is 10.7 Å². The number of hydrogen-bond donors (Lipinski definition) is 2. The Morgan fingerprint density at radius 3 is 3.00 bits per heavy atom. The van der Waals surface area contributed by atoms with Gasteiger partial charge in [0.1, 0.15) is 5.82 Å². The molecule has 86 valence electrons. The van der Waals surface area contributed by atoms with Gasteiger partial charge in [0.25, 0.3) is 0 Å². The Labute approximate surface area is 102 Å². The van der Waals surface area contributed by atoms with E-state index in [2.05, 4.69) is 32.8 Å². The van der Waals surface area contributed by atoms with Gasteiger partial charge in [0.15, 0.2) is 5.96 Å². The van der Waals surface area contributed by atoms with E-state index in [1.54, 1.807) is 18.2 Å². The molecule has 0 saturated carbocycles. The lowest BCUT2D eigenvalue weighted by Crippen LogP contribution is -2.31. The van der Waals surface area contributed by atoms with Gasteiger partial charge in [0, 0.05) is 6.54 Å². The second kappa shape index (κ2) is 6.27. The quantitative estimate of drug-likeness (QED) is 0.506. The van der Waals surface area contributed by atoms with Gasteiger partial charge in [-0.1, -0.05) is 12.1 Å². The minimum absolute atomic E-state index is 0.301. The smallest absolute Gasteiger partial charge is 0.189 e. The molecule has 3 N–H and O–H groups in total. The van der Waals surface area contributed by atoms with Crippen LogP contribution in [-0.4, -0.2) is 12.5 Å². The number of benzene rings is 1. The number of nitrogens with one attached hydrogen (secondary N) is 1. The van der Waals surface area contributed by atoms with Crippen LogP contribution in [0.4, 0.5) is 4.39 Å². The van der Waals surface area contributed by atoms with Crippen molar-refractivity contribution in [2.75, 3.05) is 6.54 Å². The fraction of sp³-hybridized carbons (Fsp3) is 0.182. The third-order valence-electron chi connectivity index (χ3n) is 1.84. The van der Waals surface area contributed by atoms with Crippen LogP contribution in [0.15, 0.2) is 40.3 Å². The lowest BCUT2D eigenvalue weighted by atomic mass is 10.2. The van der Waals surface area contributed by atoms with E-state index < -0.39 is 0 Å². The highest BCUT2D eigenvalue weighted by Crippen LogP contribution is 2.16. The Bertz CT molecular complexity index is 404. The SMILES string of the molecule is C=CCNC(N)=NCc1ccc(Br)c(F)c1. The highest BCUT2D eigenvalue weighted by molar-refractivity contribution is 9.10. The zero-order valence-electron chi connectivity index (χ0n) is 8.71. The van der Waals surface area contributed by atoms with Crippen LogP contribution in [0.1, 0.15) is 5.56 Å². The maximum Gasteiger partial charge on any atom is 0.189 e. The van der Waals surface area contributed by atoms with E-state index in [1.165, 1.54) is 6.07 Å². The summed E-state index contributed by atoms with van der Waals surface area (Å²) in [5.41, 5.74) is 6.33. The average Bonchev–Trinajstić information content (AvgIpc) is 2.28. The third kappa shape index (κ3) is 4.02. The first-order valence-electron chi connectivity index (χ1n) is 4.72. The fourth-order valence-corrected chi connectivity index (χ4v) is 1.29. The molecular formula is C11H13BrFN3. The van der Waals surface area contributed by atoms with E-state index in [-0.39, 0.29) is 5.82 Å². The largest absolute Gasteiger partial charge is 0.370 e. The number of nitrogens with zero attached hydrogens (tertiary/aromatic N) is 1. The van der Waals surface area contributed by atoms with Crippen LogP contribution in [0.2, 0.25) is 0 Å². The monoisotopic (exact) mass is 285 g/mol. The molecule has 1 rings (SSSR count). The minimum atomic E-state index is -0.301. The van der Waals surface area contributed by atoms with Gasteiger partial charge in [0.2, 0.25) is 0 Å². The van der Waals surface area contributed by atoms with Gasteiger partial charge in [-0.15, -0.1) is 6.58 Å². The predicted octanol–water partition coefficient (Wildman–Crippen LogP) is 2.18. The fourth-order valence-electron chi connectivity index (χ4n) is 1.05. The molecule has 16 heavy (non-hydrogen) atoms. The topological polar surface area (TPSA) is 50.4 Å². The molecule has 0 aromatic heterocycles. The van der Waals surface area contributed by atoms with Crippen molar-refractivity contribution in [2.45, 2.75) is 6.54 Å². The molecule has 0 amide bonds. The van der Waals surface area contributed by atoms with Gasteiger partial charge in [-0.25, -0.2) is 9.38 Å². The summed E-state index contributed by atoms with van der Waals surface area (Å²) >= 11 is 3.08. The molecule has 0 aliphatic heterocycles. The molecule has 0 bridgehead atoms. The van der Waals surface area contributed by atoms with E-state index in [9.17, 15) is 4.39 Å². The van der Waals surface area contributed by atoms with Crippen molar-refractivity contribution in [1.29, 1.82) is 0 Å². The zero-order valence-corrected chi connectivity index (χ0v) is 10.3. The number of hydrogen-bond acceptors (Lipinski definition) is 1. The molecule has 0 saturated heterocycles. The Balaban J connectivity index is 2.59. The molecule has 0 aliphatic rings. The van der Waals surface area contributed by atoms with Crippen LogP contribution in [0.25, 0.3) is 0 Å². The lowest BCUT2D eigenvalue weighted by molar-refractivity contribution is 0.618. The van der Waals surface area contributed by atoms with Gasteiger partial charge in [-0.3, -0.25) is 0 Å². The van der Waals surface area contributed by atoms with Crippen molar-refractivity contribution in [1.82, 2.24) is 5.32 Å². The second-order valence-corrected chi connectivity index (χ2v) is 3.97. The van der Waals surface area contributed by atoms with Crippen LogP contribution in [-0.2, 0) is 6.54 Å². The van der Waals surface area contributed by atoms with Gasteiger partial charge >= 0.3 is 0 Å². The lowest BCUT2D eigenvalue weighted by Gasteiger charge is -2.03. The van der Waals surface area contributed by atoms with Crippen LogP contribution >= 0.6 is 15.9 Å². The number of guanidine groups is 1. The van der Waals surface area contributed by atoms with Gasteiger partial charge in [0.05, 0.1) is 11.0 Å². The number of nitrogens with two attached hydrogens (primary N) is 1. The molecule has 1 aromatic rings. The Morgan fingerprint density at radius 1 is 1.62 bits per heavy atom. The van der Waals surface area contributed by atoms with Crippen LogP contribution in [0.5, 0.6) is 0 Å². The molecule has 0 aliphatic carbocycles. The molecule has 0 fully saturated rings. The van der Waals surface area contributed by atoms with E-state index in [4.69, 9.17) is 5.73 Å². The minimum Gasteiger partial charge on any atom is -0.370 e. The summed E-state index contributed by atoms with van der Waals surface area (Å²) in [4.78, 5) is 4.06.